The molecule has 0 bridgehead atoms. The molecule has 1 aliphatic heterocycles. The Labute approximate surface area is 172 Å². The number of carbonyl (C=O) groups excluding carboxylic acids is 1. The first-order chi connectivity index (χ1) is 14.0. The minimum atomic E-state index is -0.347. The Morgan fingerprint density at radius 1 is 1.28 bits per heavy atom. The molecule has 1 atom stereocenters. The molecule has 1 saturated heterocycles. The Morgan fingerprint density at radius 2 is 2.14 bits per heavy atom. The molecule has 1 unspecified atom stereocenters. The van der Waals surface area contributed by atoms with E-state index in [2.05, 4.69) is 30.2 Å². The van der Waals surface area contributed by atoms with E-state index in [4.69, 9.17) is 0 Å². The van der Waals surface area contributed by atoms with Gasteiger partial charge < -0.3 is 0 Å². The Balaban J connectivity index is 1.54. The average molecular weight is 412 g/mol. The van der Waals surface area contributed by atoms with E-state index in [1.54, 1.807) is 18.3 Å². The number of hydrogen-bond donors (Lipinski definition) is 1. The maximum Gasteiger partial charge on any atom is 0.276 e. The highest BCUT2D eigenvalue weighted by Gasteiger charge is 2.29. The van der Waals surface area contributed by atoms with E-state index in [0.29, 0.717) is 23.2 Å². The predicted molar refractivity (Wildman–Crippen MR) is 108 cm³/mol. The van der Waals surface area contributed by atoms with Crippen LogP contribution in [0.5, 0.6) is 0 Å². The van der Waals surface area contributed by atoms with Crippen LogP contribution in [-0.2, 0) is 6.54 Å². The van der Waals surface area contributed by atoms with E-state index in [1.807, 2.05) is 13.8 Å². The highest BCUT2D eigenvalue weighted by molar-refractivity contribution is 7.15. The summed E-state index contributed by atoms with van der Waals surface area (Å²) in [5, 5.41) is 3.35. The SMILES string of the molecule is Cc1cc(C(=O)Nc2ncc(C)s2)nc(C2CCCN2Cc2ccc(F)cn2)n1. The summed E-state index contributed by atoms with van der Waals surface area (Å²) in [5.41, 5.74) is 1.86. The second-order valence-electron chi connectivity index (χ2n) is 7.08. The second kappa shape index (κ2) is 8.30. The third-order valence-electron chi connectivity index (χ3n) is 4.76. The Bertz CT molecular complexity index is 1020. The van der Waals surface area contributed by atoms with Gasteiger partial charge in [-0.25, -0.2) is 19.3 Å². The number of hydrogen-bond acceptors (Lipinski definition) is 7. The van der Waals surface area contributed by atoms with E-state index in [1.165, 1.54) is 23.6 Å². The zero-order valence-electron chi connectivity index (χ0n) is 16.2. The van der Waals surface area contributed by atoms with E-state index in [0.717, 1.165) is 35.7 Å². The highest BCUT2D eigenvalue weighted by atomic mass is 32.1. The number of anilines is 1. The number of aryl methyl sites for hydroxylation is 2. The lowest BCUT2D eigenvalue weighted by Crippen LogP contribution is -2.26. The van der Waals surface area contributed by atoms with Gasteiger partial charge in [-0.15, -0.1) is 11.3 Å². The first kappa shape index (κ1) is 19.5. The van der Waals surface area contributed by atoms with Crippen molar-refractivity contribution in [3.05, 3.63) is 64.2 Å². The molecule has 1 N–H and O–H groups in total. The molecule has 1 amide bonds. The van der Waals surface area contributed by atoms with Gasteiger partial charge in [0.15, 0.2) is 5.13 Å². The molecule has 150 valence electrons. The van der Waals surface area contributed by atoms with Gasteiger partial charge in [-0.05, 0) is 51.4 Å². The van der Waals surface area contributed by atoms with Crippen LogP contribution in [0.1, 0.15) is 51.5 Å². The number of halogens is 1. The van der Waals surface area contributed by atoms with Crippen molar-refractivity contribution in [3.8, 4) is 0 Å². The van der Waals surface area contributed by atoms with Crippen molar-refractivity contribution >= 4 is 22.4 Å². The van der Waals surface area contributed by atoms with Gasteiger partial charge in [0.25, 0.3) is 5.91 Å². The molecule has 0 radical (unpaired) electrons. The molecule has 1 aliphatic rings. The van der Waals surface area contributed by atoms with Crippen LogP contribution in [0.2, 0.25) is 0 Å². The number of amides is 1. The number of likely N-dealkylation sites (tertiary alicyclic amines) is 1. The van der Waals surface area contributed by atoms with Crippen LogP contribution < -0.4 is 5.32 Å². The predicted octanol–water partition coefficient (Wildman–Crippen LogP) is 3.67. The van der Waals surface area contributed by atoms with Crippen LogP contribution in [0, 0.1) is 19.7 Å². The summed E-state index contributed by atoms with van der Waals surface area (Å²) in [4.78, 5) is 33.4. The summed E-state index contributed by atoms with van der Waals surface area (Å²) >= 11 is 1.42. The van der Waals surface area contributed by atoms with Gasteiger partial charge in [-0.2, -0.15) is 0 Å². The fraction of sp³-hybridized carbons (Fsp3) is 0.350. The minimum Gasteiger partial charge on any atom is -0.296 e. The van der Waals surface area contributed by atoms with Crippen LogP contribution in [0.15, 0.2) is 30.6 Å². The maximum atomic E-state index is 13.1. The molecule has 7 nitrogen and oxygen atoms in total. The molecular formula is C20H21FN6OS. The molecule has 0 spiro atoms. The summed E-state index contributed by atoms with van der Waals surface area (Å²) in [6, 6.07) is 4.78. The standard InChI is InChI=1S/C20H21FN6OS/c1-12-8-16(19(28)26-20-23-9-13(2)29-20)25-18(24-12)17-4-3-7-27(17)11-15-6-5-14(21)10-22-15/h5-6,8-10,17H,3-4,7,11H2,1-2H3,(H,23,26,28). The molecular weight excluding hydrogens is 391 g/mol. The van der Waals surface area contributed by atoms with Crippen molar-refractivity contribution < 1.29 is 9.18 Å². The van der Waals surface area contributed by atoms with Crippen LogP contribution in [0.25, 0.3) is 0 Å². The van der Waals surface area contributed by atoms with E-state index in [-0.39, 0.29) is 17.8 Å². The number of nitrogens with zero attached hydrogens (tertiary/aromatic N) is 5. The fourth-order valence-electron chi connectivity index (χ4n) is 3.45. The third kappa shape index (κ3) is 4.63. The van der Waals surface area contributed by atoms with Crippen molar-refractivity contribution in [1.29, 1.82) is 0 Å². The van der Waals surface area contributed by atoms with Crippen LogP contribution >= 0.6 is 11.3 Å². The largest absolute Gasteiger partial charge is 0.296 e. The lowest BCUT2D eigenvalue weighted by Gasteiger charge is -2.23. The molecule has 9 heteroatoms. The Morgan fingerprint density at radius 3 is 2.86 bits per heavy atom. The molecule has 29 heavy (non-hydrogen) atoms. The second-order valence-corrected chi connectivity index (χ2v) is 8.31. The zero-order valence-corrected chi connectivity index (χ0v) is 17.0. The topological polar surface area (TPSA) is 83.9 Å². The number of pyridine rings is 1. The molecule has 0 aromatic carbocycles. The first-order valence-corrected chi connectivity index (χ1v) is 10.2. The lowest BCUT2D eigenvalue weighted by atomic mass is 10.2. The van der Waals surface area contributed by atoms with Crippen LogP contribution in [-0.4, -0.2) is 37.3 Å². The number of aromatic nitrogens is 4. The lowest BCUT2D eigenvalue weighted by molar-refractivity contribution is 0.102. The van der Waals surface area contributed by atoms with Gasteiger partial charge in [-0.3, -0.25) is 20.0 Å². The molecule has 4 rings (SSSR count). The summed E-state index contributed by atoms with van der Waals surface area (Å²) in [6.45, 7) is 5.25. The maximum absolute atomic E-state index is 13.1. The van der Waals surface area contributed by atoms with Gasteiger partial charge in [0.1, 0.15) is 17.3 Å². The normalized spacial score (nSPS) is 16.9. The number of carbonyl (C=O) groups is 1. The van der Waals surface area contributed by atoms with Crippen LogP contribution in [0.4, 0.5) is 9.52 Å². The number of thiazole rings is 1. The van der Waals surface area contributed by atoms with Gasteiger partial charge in [0.05, 0.1) is 17.9 Å². The zero-order chi connectivity index (χ0) is 20.4. The quantitative estimate of drug-likeness (QED) is 0.688. The van der Waals surface area contributed by atoms with E-state index >= 15 is 0 Å². The molecule has 1 fully saturated rings. The average Bonchev–Trinajstić information content (AvgIpc) is 3.32. The van der Waals surface area contributed by atoms with Gasteiger partial charge >= 0.3 is 0 Å². The smallest absolute Gasteiger partial charge is 0.276 e. The van der Waals surface area contributed by atoms with Crippen molar-refractivity contribution in [3.63, 3.8) is 0 Å². The highest BCUT2D eigenvalue weighted by Crippen LogP contribution is 2.31. The molecule has 3 aromatic heterocycles. The summed E-state index contributed by atoms with van der Waals surface area (Å²) in [6.07, 6.45) is 4.85. The van der Waals surface area contributed by atoms with Gasteiger partial charge in [0, 0.05) is 23.3 Å². The Kier molecular flexibility index (Phi) is 5.59. The summed E-state index contributed by atoms with van der Waals surface area (Å²) in [7, 11) is 0. The minimum absolute atomic E-state index is 0.00425. The van der Waals surface area contributed by atoms with E-state index in [9.17, 15) is 9.18 Å². The first-order valence-electron chi connectivity index (χ1n) is 9.42. The van der Waals surface area contributed by atoms with Crippen molar-refractivity contribution in [1.82, 2.24) is 24.8 Å². The summed E-state index contributed by atoms with van der Waals surface area (Å²) < 4.78 is 13.1. The molecule has 0 saturated carbocycles. The van der Waals surface area contributed by atoms with Crippen molar-refractivity contribution in [2.45, 2.75) is 39.3 Å². The van der Waals surface area contributed by atoms with Crippen molar-refractivity contribution in [2.24, 2.45) is 0 Å². The molecule has 3 aromatic rings. The van der Waals surface area contributed by atoms with Crippen molar-refractivity contribution in [2.75, 3.05) is 11.9 Å². The fourth-order valence-corrected chi connectivity index (χ4v) is 4.11. The molecule has 0 aliphatic carbocycles. The van der Waals surface area contributed by atoms with E-state index < -0.39 is 0 Å². The van der Waals surface area contributed by atoms with Crippen LogP contribution in [0.3, 0.4) is 0 Å². The number of rotatable bonds is 5. The summed E-state index contributed by atoms with van der Waals surface area (Å²) in [5.74, 6) is -0.0132. The Hall–Kier alpha value is -2.78. The van der Waals surface area contributed by atoms with Gasteiger partial charge in [0.2, 0.25) is 0 Å². The molecule has 4 heterocycles. The van der Waals surface area contributed by atoms with Gasteiger partial charge in [-0.1, -0.05) is 0 Å². The monoisotopic (exact) mass is 412 g/mol. The number of nitrogens with one attached hydrogen (secondary N) is 1. The third-order valence-corrected chi connectivity index (χ3v) is 5.59.